The maximum atomic E-state index is 12.4. The zero-order chi connectivity index (χ0) is 17.1. The molecule has 3 rings (SSSR count). The van der Waals surface area contributed by atoms with E-state index in [0.29, 0.717) is 12.5 Å². The minimum absolute atomic E-state index is 0.0415. The first-order valence-corrected chi connectivity index (χ1v) is 8.93. The largest absolute Gasteiger partial charge is 0.358 e. The summed E-state index contributed by atoms with van der Waals surface area (Å²) >= 11 is 6.03. The van der Waals surface area contributed by atoms with Crippen LogP contribution in [-0.4, -0.2) is 49.4 Å². The number of hydrogen-bond donors (Lipinski definition) is 2. The fraction of sp³-hybridized carbons (Fsp3) is 0.556. The van der Waals surface area contributed by atoms with Gasteiger partial charge in [0.25, 0.3) is 0 Å². The number of piperidine rings is 1. The Morgan fingerprint density at radius 3 is 2.71 bits per heavy atom. The minimum atomic E-state index is 0.0415. The molecular weight excluding hydrogens is 326 g/mol. The van der Waals surface area contributed by atoms with Crippen LogP contribution in [-0.2, 0) is 9.59 Å². The average Bonchev–Trinajstić information content (AvgIpc) is 3.37. The molecule has 0 aromatic heterocycles. The van der Waals surface area contributed by atoms with E-state index in [4.69, 9.17) is 11.6 Å². The molecule has 1 saturated heterocycles. The molecule has 2 fully saturated rings. The minimum Gasteiger partial charge on any atom is -0.358 e. The molecule has 0 unspecified atom stereocenters. The Labute approximate surface area is 147 Å². The van der Waals surface area contributed by atoms with Crippen molar-refractivity contribution in [1.82, 2.24) is 15.5 Å². The summed E-state index contributed by atoms with van der Waals surface area (Å²) in [4.78, 5) is 26.0. The highest BCUT2D eigenvalue weighted by molar-refractivity contribution is 6.30. The van der Waals surface area contributed by atoms with Crippen molar-refractivity contribution in [2.24, 2.45) is 5.92 Å². The van der Waals surface area contributed by atoms with Crippen LogP contribution in [0.5, 0.6) is 0 Å². The first-order valence-electron chi connectivity index (χ1n) is 8.55. The fourth-order valence-corrected chi connectivity index (χ4v) is 3.61. The van der Waals surface area contributed by atoms with Crippen molar-refractivity contribution in [3.05, 3.63) is 34.9 Å². The predicted octanol–water partition coefficient (Wildman–Crippen LogP) is 1.77. The van der Waals surface area contributed by atoms with Crippen molar-refractivity contribution in [2.75, 3.05) is 26.7 Å². The van der Waals surface area contributed by atoms with Gasteiger partial charge in [-0.15, -0.1) is 0 Å². The topological polar surface area (TPSA) is 61.4 Å². The van der Waals surface area contributed by atoms with Crippen LogP contribution in [0.15, 0.2) is 24.3 Å². The normalized spacial score (nSPS) is 24.4. The van der Waals surface area contributed by atoms with Gasteiger partial charge in [-0.2, -0.15) is 0 Å². The third-order valence-corrected chi connectivity index (χ3v) is 5.22. The highest BCUT2D eigenvalue weighted by Crippen LogP contribution is 2.48. The molecule has 2 atom stereocenters. The van der Waals surface area contributed by atoms with E-state index < -0.39 is 0 Å². The lowest BCUT2D eigenvalue weighted by atomic mass is 10.0. The number of carbonyl (C=O) groups excluding carboxylic acids is 2. The van der Waals surface area contributed by atoms with Gasteiger partial charge in [-0.3, -0.25) is 14.5 Å². The highest BCUT2D eigenvalue weighted by atomic mass is 35.5. The van der Waals surface area contributed by atoms with Gasteiger partial charge in [0.2, 0.25) is 11.8 Å². The number of rotatable bonds is 5. The number of hydrogen-bond acceptors (Lipinski definition) is 3. The maximum Gasteiger partial charge on any atom is 0.233 e. The molecule has 5 nitrogen and oxygen atoms in total. The number of likely N-dealkylation sites (tertiary alicyclic amines) is 1. The molecule has 0 radical (unpaired) electrons. The first-order chi connectivity index (χ1) is 11.6. The smallest absolute Gasteiger partial charge is 0.233 e. The molecule has 6 heteroatoms. The summed E-state index contributed by atoms with van der Waals surface area (Å²) in [6, 6.07) is 8.01. The van der Waals surface area contributed by atoms with E-state index in [1.165, 1.54) is 0 Å². The number of amides is 2. The zero-order valence-electron chi connectivity index (χ0n) is 13.9. The molecule has 1 aromatic carbocycles. The molecule has 130 valence electrons. The lowest BCUT2D eigenvalue weighted by Crippen LogP contribution is -2.47. The number of benzene rings is 1. The van der Waals surface area contributed by atoms with E-state index in [-0.39, 0.29) is 23.8 Å². The number of likely N-dealkylation sites (N-methyl/N-ethyl adjacent to an activating group) is 1. The Morgan fingerprint density at radius 2 is 2.04 bits per heavy atom. The molecule has 1 aliphatic carbocycles. The molecule has 24 heavy (non-hydrogen) atoms. The van der Waals surface area contributed by atoms with Gasteiger partial charge in [-0.25, -0.2) is 0 Å². The first kappa shape index (κ1) is 17.2. The van der Waals surface area contributed by atoms with Gasteiger partial charge in [0.1, 0.15) is 0 Å². The van der Waals surface area contributed by atoms with Crippen LogP contribution in [0.2, 0.25) is 5.02 Å². The van der Waals surface area contributed by atoms with Crippen molar-refractivity contribution in [2.45, 2.75) is 31.2 Å². The SMILES string of the molecule is CNC(=O)CN1CCC(NC(=O)[C@H]2C[C@H]2c2cccc(Cl)c2)CC1. The maximum absolute atomic E-state index is 12.4. The van der Waals surface area contributed by atoms with Gasteiger partial charge < -0.3 is 10.6 Å². The third kappa shape index (κ3) is 4.28. The second-order valence-electron chi connectivity index (χ2n) is 6.74. The standard InChI is InChI=1S/C18H24ClN3O2/c1-20-17(23)11-22-7-5-14(6-8-22)21-18(24)16-10-15(16)12-3-2-4-13(19)9-12/h2-4,9,14-16H,5-8,10-11H2,1H3,(H,20,23)(H,21,24)/t15-,16-/m0/s1. The summed E-state index contributed by atoms with van der Waals surface area (Å²) in [6.07, 6.45) is 2.70. The summed E-state index contributed by atoms with van der Waals surface area (Å²) in [5.41, 5.74) is 1.16. The number of nitrogens with zero attached hydrogens (tertiary/aromatic N) is 1. The summed E-state index contributed by atoms with van der Waals surface area (Å²) in [5, 5.41) is 6.55. The molecule has 2 amide bonds. The number of nitrogens with one attached hydrogen (secondary N) is 2. The van der Waals surface area contributed by atoms with E-state index in [1.54, 1.807) is 7.05 Å². The molecule has 0 spiro atoms. The van der Waals surface area contributed by atoms with E-state index in [9.17, 15) is 9.59 Å². The van der Waals surface area contributed by atoms with Gasteiger partial charge >= 0.3 is 0 Å². The van der Waals surface area contributed by atoms with Gasteiger partial charge in [0, 0.05) is 37.1 Å². The average molecular weight is 350 g/mol. The summed E-state index contributed by atoms with van der Waals surface area (Å²) in [5.74, 6) is 0.578. The fourth-order valence-electron chi connectivity index (χ4n) is 3.42. The van der Waals surface area contributed by atoms with Crippen LogP contribution in [0.25, 0.3) is 0 Å². The van der Waals surface area contributed by atoms with E-state index >= 15 is 0 Å². The summed E-state index contributed by atoms with van der Waals surface area (Å²) in [7, 11) is 1.65. The van der Waals surface area contributed by atoms with E-state index in [2.05, 4.69) is 15.5 Å². The Morgan fingerprint density at radius 1 is 1.29 bits per heavy atom. The van der Waals surface area contributed by atoms with Crippen LogP contribution < -0.4 is 10.6 Å². The van der Waals surface area contributed by atoms with Gasteiger partial charge in [0.15, 0.2) is 0 Å². The van der Waals surface area contributed by atoms with Crippen LogP contribution in [0.1, 0.15) is 30.7 Å². The van der Waals surface area contributed by atoms with Gasteiger partial charge in [-0.1, -0.05) is 23.7 Å². The number of carbonyl (C=O) groups is 2. The quantitative estimate of drug-likeness (QED) is 0.851. The molecule has 1 heterocycles. The predicted molar refractivity (Wildman–Crippen MR) is 94.0 cm³/mol. The molecule has 2 N–H and O–H groups in total. The molecule has 1 aliphatic heterocycles. The summed E-state index contributed by atoms with van der Waals surface area (Å²) in [6.45, 7) is 2.14. The second-order valence-corrected chi connectivity index (χ2v) is 7.17. The Hall–Kier alpha value is -1.59. The van der Waals surface area contributed by atoms with Crippen molar-refractivity contribution in [1.29, 1.82) is 0 Å². The molecular formula is C18H24ClN3O2. The highest BCUT2D eigenvalue weighted by Gasteiger charge is 2.44. The zero-order valence-corrected chi connectivity index (χ0v) is 14.7. The Bertz CT molecular complexity index is 614. The molecule has 2 aliphatic rings. The van der Waals surface area contributed by atoms with Crippen molar-refractivity contribution in [3.63, 3.8) is 0 Å². The third-order valence-electron chi connectivity index (χ3n) is 4.98. The van der Waals surface area contributed by atoms with E-state index in [0.717, 1.165) is 42.9 Å². The van der Waals surface area contributed by atoms with Crippen molar-refractivity contribution in [3.8, 4) is 0 Å². The van der Waals surface area contributed by atoms with Crippen LogP contribution in [0.4, 0.5) is 0 Å². The van der Waals surface area contributed by atoms with Gasteiger partial charge in [0.05, 0.1) is 6.54 Å². The summed E-state index contributed by atoms with van der Waals surface area (Å²) < 4.78 is 0. The monoisotopic (exact) mass is 349 g/mol. The lowest BCUT2D eigenvalue weighted by molar-refractivity contribution is -0.124. The van der Waals surface area contributed by atoms with Crippen molar-refractivity contribution < 1.29 is 9.59 Å². The van der Waals surface area contributed by atoms with Crippen molar-refractivity contribution >= 4 is 23.4 Å². The number of halogens is 1. The van der Waals surface area contributed by atoms with Crippen LogP contribution >= 0.6 is 11.6 Å². The Balaban J connectivity index is 1.43. The van der Waals surface area contributed by atoms with Crippen LogP contribution in [0.3, 0.4) is 0 Å². The lowest BCUT2D eigenvalue weighted by Gasteiger charge is -2.31. The van der Waals surface area contributed by atoms with Crippen LogP contribution in [0, 0.1) is 5.92 Å². The Kier molecular flexibility index (Phi) is 5.41. The van der Waals surface area contributed by atoms with Gasteiger partial charge in [-0.05, 0) is 42.9 Å². The van der Waals surface area contributed by atoms with E-state index in [1.807, 2.05) is 24.3 Å². The molecule has 0 bridgehead atoms. The molecule has 1 aromatic rings. The molecule has 1 saturated carbocycles. The second kappa shape index (κ2) is 7.53.